The molecule has 0 aliphatic carbocycles. The van der Waals surface area contributed by atoms with Gasteiger partial charge in [0.25, 0.3) is 0 Å². The highest BCUT2D eigenvalue weighted by atomic mass is 16.3. The molecule has 2 aliphatic heterocycles. The lowest BCUT2D eigenvalue weighted by molar-refractivity contribution is -0.705. The van der Waals surface area contributed by atoms with Gasteiger partial charge in [-0.15, -0.1) is 0 Å². The van der Waals surface area contributed by atoms with Gasteiger partial charge in [0.05, 0.1) is 12.6 Å². The third-order valence-electron chi connectivity index (χ3n) is 4.66. The predicted octanol–water partition coefficient (Wildman–Crippen LogP) is 1.27. The monoisotopic (exact) mass is 361 g/mol. The number of pyridine rings is 1. The van der Waals surface area contributed by atoms with Crippen LogP contribution in [0.4, 0.5) is 0 Å². The van der Waals surface area contributed by atoms with Gasteiger partial charge in [-0.3, -0.25) is 4.79 Å². The van der Waals surface area contributed by atoms with Crippen LogP contribution in [0.5, 0.6) is 0 Å². The van der Waals surface area contributed by atoms with Crippen LogP contribution in [-0.2, 0) is 4.79 Å². The van der Waals surface area contributed by atoms with Crippen molar-refractivity contribution in [1.29, 1.82) is 0 Å². The SMILES string of the molecule is O=C(N[C@H](CO)c1ccccc1)C1NC(=C2C=CNC=C2)c2cccc[n+]21. The molecule has 2 aliphatic rings. The normalized spacial score (nSPS) is 18.5. The molecule has 0 fully saturated rings. The first kappa shape index (κ1) is 17.1. The Labute approximate surface area is 157 Å². The number of allylic oxidation sites excluding steroid dienone is 3. The van der Waals surface area contributed by atoms with Crippen LogP contribution in [0, 0.1) is 0 Å². The average molecular weight is 361 g/mol. The van der Waals surface area contributed by atoms with E-state index in [9.17, 15) is 9.90 Å². The van der Waals surface area contributed by atoms with Crippen LogP contribution in [0.2, 0.25) is 0 Å². The quantitative estimate of drug-likeness (QED) is 0.619. The van der Waals surface area contributed by atoms with Crippen LogP contribution in [-0.4, -0.2) is 17.6 Å². The molecule has 0 spiro atoms. The van der Waals surface area contributed by atoms with E-state index in [1.807, 2.05) is 83.8 Å². The van der Waals surface area contributed by atoms with Gasteiger partial charge in [-0.1, -0.05) is 30.3 Å². The van der Waals surface area contributed by atoms with E-state index in [-0.39, 0.29) is 12.5 Å². The number of nitrogens with zero attached hydrogens (tertiary/aromatic N) is 1. The first-order valence-corrected chi connectivity index (χ1v) is 8.84. The van der Waals surface area contributed by atoms with E-state index in [1.54, 1.807) is 0 Å². The molecule has 3 heterocycles. The molecule has 0 bridgehead atoms. The topological polar surface area (TPSA) is 77.3 Å². The Kier molecular flexibility index (Phi) is 4.72. The van der Waals surface area contributed by atoms with Gasteiger partial charge in [-0.25, -0.2) is 0 Å². The van der Waals surface area contributed by atoms with Gasteiger partial charge >= 0.3 is 12.1 Å². The highest BCUT2D eigenvalue weighted by Crippen LogP contribution is 2.24. The fraction of sp³-hybridized carbons (Fsp3) is 0.143. The smallest absolute Gasteiger partial charge is 0.312 e. The molecule has 0 saturated carbocycles. The molecular formula is C21H21N4O2+. The van der Waals surface area contributed by atoms with Gasteiger partial charge in [-0.2, -0.15) is 4.57 Å². The fourth-order valence-electron chi connectivity index (χ4n) is 3.32. The number of benzene rings is 1. The average Bonchev–Trinajstić information content (AvgIpc) is 3.13. The molecule has 4 N–H and O–H groups in total. The largest absolute Gasteiger partial charge is 0.394 e. The van der Waals surface area contributed by atoms with Crippen molar-refractivity contribution >= 4 is 11.6 Å². The maximum absolute atomic E-state index is 13.0. The van der Waals surface area contributed by atoms with Crippen LogP contribution in [0.1, 0.15) is 23.5 Å². The Morgan fingerprint density at radius 1 is 1.11 bits per heavy atom. The summed E-state index contributed by atoms with van der Waals surface area (Å²) in [7, 11) is 0. The number of amides is 1. The van der Waals surface area contributed by atoms with E-state index >= 15 is 0 Å². The number of carbonyl (C=O) groups is 1. The van der Waals surface area contributed by atoms with Gasteiger partial charge < -0.3 is 21.1 Å². The second-order valence-electron chi connectivity index (χ2n) is 6.36. The Morgan fingerprint density at radius 3 is 2.59 bits per heavy atom. The maximum Gasteiger partial charge on any atom is 0.312 e. The molecule has 0 saturated heterocycles. The number of aliphatic hydroxyl groups excluding tert-OH is 1. The molecule has 27 heavy (non-hydrogen) atoms. The summed E-state index contributed by atoms with van der Waals surface area (Å²) in [5.74, 6) is -0.201. The van der Waals surface area contributed by atoms with Crippen molar-refractivity contribution < 1.29 is 14.5 Å². The number of nitrogens with one attached hydrogen (secondary N) is 3. The van der Waals surface area contributed by atoms with E-state index < -0.39 is 12.2 Å². The summed E-state index contributed by atoms with van der Waals surface area (Å²) >= 11 is 0. The van der Waals surface area contributed by atoms with Crippen LogP contribution in [0.3, 0.4) is 0 Å². The van der Waals surface area contributed by atoms with Gasteiger partial charge in [0, 0.05) is 30.1 Å². The number of carbonyl (C=O) groups excluding carboxylic acids is 1. The van der Waals surface area contributed by atoms with Crippen LogP contribution in [0.15, 0.2) is 84.9 Å². The first-order valence-electron chi connectivity index (χ1n) is 8.84. The first-order chi connectivity index (χ1) is 13.3. The lowest BCUT2D eigenvalue weighted by Gasteiger charge is -2.18. The zero-order valence-electron chi connectivity index (χ0n) is 14.7. The maximum atomic E-state index is 13.0. The van der Waals surface area contributed by atoms with Crippen LogP contribution in [0.25, 0.3) is 5.70 Å². The van der Waals surface area contributed by atoms with E-state index in [1.165, 1.54) is 0 Å². The zero-order chi connectivity index (χ0) is 18.6. The van der Waals surface area contributed by atoms with Gasteiger partial charge in [0.1, 0.15) is 5.70 Å². The highest BCUT2D eigenvalue weighted by molar-refractivity contribution is 5.83. The minimum absolute atomic E-state index is 0.167. The minimum atomic E-state index is -0.585. The van der Waals surface area contributed by atoms with Crippen LogP contribution >= 0.6 is 0 Å². The Balaban J connectivity index is 1.62. The summed E-state index contributed by atoms with van der Waals surface area (Å²) < 4.78 is 1.90. The second kappa shape index (κ2) is 7.47. The van der Waals surface area contributed by atoms with Crippen molar-refractivity contribution in [2.75, 3.05) is 6.61 Å². The molecule has 2 aromatic rings. The molecule has 1 unspecified atom stereocenters. The van der Waals surface area contributed by atoms with E-state index in [2.05, 4.69) is 16.0 Å². The van der Waals surface area contributed by atoms with Crippen molar-refractivity contribution in [1.82, 2.24) is 16.0 Å². The second-order valence-corrected chi connectivity index (χ2v) is 6.36. The third kappa shape index (κ3) is 3.35. The zero-order valence-corrected chi connectivity index (χ0v) is 14.7. The van der Waals surface area contributed by atoms with Crippen molar-refractivity contribution in [3.05, 3.63) is 96.1 Å². The molecule has 6 heteroatoms. The Morgan fingerprint density at radius 2 is 1.85 bits per heavy atom. The van der Waals surface area contributed by atoms with Crippen molar-refractivity contribution in [3.8, 4) is 0 Å². The van der Waals surface area contributed by atoms with E-state index in [0.717, 1.165) is 22.5 Å². The number of aromatic nitrogens is 1. The number of rotatable bonds is 4. The molecule has 1 aromatic carbocycles. The lowest BCUT2D eigenvalue weighted by atomic mass is 10.1. The number of fused-ring (bicyclic) bond motifs is 1. The Bertz CT molecular complexity index is 920. The molecule has 1 amide bonds. The van der Waals surface area contributed by atoms with E-state index in [4.69, 9.17) is 0 Å². The summed E-state index contributed by atoms with van der Waals surface area (Å²) in [6, 6.07) is 14.8. The summed E-state index contributed by atoms with van der Waals surface area (Å²) in [5, 5.41) is 19.0. The molecule has 4 rings (SSSR count). The molecular weight excluding hydrogens is 340 g/mol. The number of hydrogen-bond acceptors (Lipinski definition) is 4. The molecule has 136 valence electrons. The molecule has 2 atom stereocenters. The summed E-state index contributed by atoms with van der Waals surface area (Å²) in [5.41, 5.74) is 3.69. The van der Waals surface area contributed by atoms with Crippen molar-refractivity contribution in [3.63, 3.8) is 0 Å². The van der Waals surface area contributed by atoms with Crippen molar-refractivity contribution in [2.45, 2.75) is 12.2 Å². The lowest BCUT2D eigenvalue weighted by Crippen LogP contribution is -2.51. The highest BCUT2D eigenvalue weighted by Gasteiger charge is 2.40. The Hall–Kier alpha value is -3.38. The van der Waals surface area contributed by atoms with Crippen molar-refractivity contribution in [2.24, 2.45) is 0 Å². The summed E-state index contributed by atoms with van der Waals surface area (Å²) in [4.78, 5) is 13.0. The molecule has 6 nitrogen and oxygen atoms in total. The molecule has 0 radical (unpaired) electrons. The third-order valence-corrected chi connectivity index (χ3v) is 4.66. The van der Waals surface area contributed by atoms with Crippen LogP contribution < -0.4 is 20.5 Å². The standard InChI is InChI=1S/C21H20N4O2/c26-14-17(15-6-2-1-3-7-15)23-21(27)20-24-19(16-9-11-22-12-10-16)18-8-4-5-13-25(18)20/h1-13,17,20,24,26H,14H2,(H,23,27)/p+1/t17-,20?/m1/s1. The minimum Gasteiger partial charge on any atom is -0.394 e. The number of dihydropyridines is 1. The summed E-state index contributed by atoms with van der Waals surface area (Å²) in [6.45, 7) is -0.167. The van der Waals surface area contributed by atoms with Gasteiger partial charge in [0.2, 0.25) is 5.69 Å². The number of aliphatic hydroxyl groups is 1. The molecule has 1 aromatic heterocycles. The summed E-state index contributed by atoms with van der Waals surface area (Å²) in [6.07, 6.45) is 8.91. The predicted molar refractivity (Wildman–Crippen MR) is 102 cm³/mol. The fourth-order valence-corrected chi connectivity index (χ4v) is 3.32. The van der Waals surface area contributed by atoms with E-state index in [0.29, 0.717) is 0 Å². The van der Waals surface area contributed by atoms with Gasteiger partial charge in [0.15, 0.2) is 6.20 Å². The number of hydrogen-bond donors (Lipinski definition) is 4. The van der Waals surface area contributed by atoms with Gasteiger partial charge in [-0.05, 0) is 23.8 Å².